The third-order valence-electron chi connectivity index (χ3n) is 4.57. The number of unbranched alkanes of at least 4 members (excludes halogenated alkanes) is 2. The van der Waals surface area contributed by atoms with Gasteiger partial charge in [0.25, 0.3) is 5.52 Å². The van der Waals surface area contributed by atoms with Gasteiger partial charge >= 0.3 is 0 Å². The number of pyridine rings is 1. The molecule has 0 aliphatic carbocycles. The summed E-state index contributed by atoms with van der Waals surface area (Å²) in [6, 6.07) is 21.6. The van der Waals surface area contributed by atoms with Gasteiger partial charge in [-0.3, -0.25) is 0 Å². The van der Waals surface area contributed by atoms with Crippen LogP contribution in [0.15, 0.2) is 42.5 Å². The van der Waals surface area contributed by atoms with E-state index in [1.165, 1.54) is 47.0 Å². The zero-order chi connectivity index (χ0) is 16.2. The zero-order valence-corrected chi connectivity index (χ0v) is 14.3. The fourth-order valence-corrected chi connectivity index (χ4v) is 3.16. The van der Waals surface area contributed by atoms with Crippen LogP contribution in [0.5, 0.6) is 0 Å². The number of rotatable bonds is 5. The van der Waals surface area contributed by atoms with Crippen LogP contribution in [-0.4, -0.2) is 0 Å². The minimum atomic E-state index is 1.10. The van der Waals surface area contributed by atoms with Crippen LogP contribution in [0.3, 0.4) is 0 Å². The Morgan fingerprint density at radius 2 is 1.91 bits per heavy atom. The second kappa shape index (κ2) is 6.84. The van der Waals surface area contributed by atoms with E-state index in [0.29, 0.717) is 0 Å². The standard InChI is InChI=1S/C22H24N/c1-4-5-6-9-18-13-12-17(2)20(16-18)22-15-14-19-10-7-8-11-21(19)23(22)3/h7,10,12-16H,4-6,9H2,1-3H3/q+1. The summed E-state index contributed by atoms with van der Waals surface area (Å²) in [7, 11) is 2.12. The van der Waals surface area contributed by atoms with Crippen molar-refractivity contribution in [2.24, 2.45) is 7.05 Å². The van der Waals surface area contributed by atoms with Gasteiger partial charge < -0.3 is 0 Å². The van der Waals surface area contributed by atoms with Crippen LogP contribution in [0, 0.1) is 19.1 Å². The molecule has 0 amide bonds. The van der Waals surface area contributed by atoms with Crippen LogP contribution >= 0.6 is 0 Å². The summed E-state index contributed by atoms with van der Waals surface area (Å²) in [5.41, 5.74) is 6.41. The highest BCUT2D eigenvalue weighted by atomic mass is 14.9. The van der Waals surface area contributed by atoms with Crippen LogP contribution < -0.4 is 4.57 Å². The average Bonchev–Trinajstić information content (AvgIpc) is 2.58. The molecule has 0 bridgehead atoms. The molecule has 1 aromatic heterocycles. The summed E-state index contributed by atoms with van der Waals surface area (Å²) < 4.78 is 2.23. The number of nitrogens with zero attached hydrogens (tertiary/aromatic N) is 1. The summed E-state index contributed by atoms with van der Waals surface area (Å²) >= 11 is 0. The molecular formula is C22H24N+. The molecule has 3 aromatic rings. The summed E-state index contributed by atoms with van der Waals surface area (Å²) in [6.45, 7) is 4.44. The number of hydrogen-bond acceptors (Lipinski definition) is 0. The molecule has 1 nitrogen and oxygen atoms in total. The van der Waals surface area contributed by atoms with Crippen molar-refractivity contribution >= 4 is 10.9 Å². The molecule has 0 saturated carbocycles. The maximum absolute atomic E-state index is 3.24. The molecule has 1 heterocycles. The highest BCUT2D eigenvalue weighted by Crippen LogP contribution is 2.24. The second-order valence-corrected chi connectivity index (χ2v) is 6.29. The number of aryl methyl sites for hydroxylation is 3. The van der Waals surface area contributed by atoms with Gasteiger partial charge in [0.05, 0.1) is 5.39 Å². The van der Waals surface area contributed by atoms with E-state index in [1.807, 2.05) is 6.07 Å². The maximum atomic E-state index is 3.24. The first-order valence-electron chi connectivity index (χ1n) is 8.51. The Morgan fingerprint density at radius 3 is 2.74 bits per heavy atom. The molecule has 2 aromatic carbocycles. The largest absolute Gasteiger partial charge is 0.264 e. The lowest BCUT2D eigenvalue weighted by Crippen LogP contribution is -2.32. The van der Waals surface area contributed by atoms with Crippen LogP contribution in [0.1, 0.15) is 37.3 Å². The smallest absolute Gasteiger partial charge is 0.187 e. The Hall–Kier alpha value is -2.33. The molecule has 3 rings (SSSR count). The number of benzene rings is 1. The minimum absolute atomic E-state index is 1.10. The minimum Gasteiger partial charge on any atom is -0.187 e. The van der Waals surface area contributed by atoms with Gasteiger partial charge in [0.2, 0.25) is 5.69 Å². The normalized spacial score (nSPS) is 10.7. The fraction of sp³-hybridized carbons (Fsp3) is 0.318. The average molecular weight is 302 g/mol. The molecule has 0 saturated heterocycles. The zero-order valence-electron chi connectivity index (χ0n) is 14.3. The molecule has 116 valence electrons. The Bertz CT molecular complexity index is 817. The van der Waals surface area contributed by atoms with E-state index < -0.39 is 0 Å². The molecule has 1 heteroatoms. The van der Waals surface area contributed by atoms with Gasteiger partial charge in [0, 0.05) is 17.7 Å². The molecule has 0 spiro atoms. The van der Waals surface area contributed by atoms with E-state index in [-0.39, 0.29) is 0 Å². The topological polar surface area (TPSA) is 3.88 Å². The molecule has 0 fully saturated rings. The van der Waals surface area contributed by atoms with Crippen molar-refractivity contribution in [1.29, 1.82) is 0 Å². The quantitative estimate of drug-likeness (QED) is 0.462. The fourth-order valence-electron chi connectivity index (χ4n) is 3.16. The van der Waals surface area contributed by atoms with Crippen LogP contribution in [0.4, 0.5) is 0 Å². The van der Waals surface area contributed by atoms with Gasteiger partial charge in [0.15, 0.2) is 0 Å². The van der Waals surface area contributed by atoms with Crippen molar-refractivity contribution in [3.8, 4) is 11.3 Å². The Morgan fingerprint density at radius 1 is 1.04 bits per heavy atom. The van der Waals surface area contributed by atoms with Crippen molar-refractivity contribution in [2.45, 2.75) is 39.5 Å². The van der Waals surface area contributed by atoms with Crippen molar-refractivity contribution < 1.29 is 4.57 Å². The SMILES string of the molecule is CCCCCc1ccc(C)c(-c2ccc3ccc#cc3[n+]2C)c1. The Labute approximate surface area is 139 Å². The molecular weight excluding hydrogens is 278 g/mol. The lowest BCUT2D eigenvalue weighted by molar-refractivity contribution is -0.633. The first kappa shape index (κ1) is 15.6. The predicted molar refractivity (Wildman–Crippen MR) is 96.2 cm³/mol. The van der Waals surface area contributed by atoms with Crippen LogP contribution in [0.25, 0.3) is 22.2 Å². The lowest BCUT2D eigenvalue weighted by Gasteiger charge is -2.08. The molecule has 0 aliphatic rings. The van der Waals surface area contributed by atoms with Crippen molar-refractivity contribution in [3.05, 3.63) is 65.7 Å². The van der Waals surface area contributed by atoms with Gasteiger partial charge in [-0.25, -0.2) is 0 Å². The lowest BCUT2D eigenvalue weighted by atomic mass is 9.98. The Balaban J connectivity index is 2.04. The molecule has 0 radical (unpaired) electrons. The van der Waals surface area contributed by atoms with E-state index in [1.54, 1.807) is 0 Å². The number of hydrogen-bond donors (Lipinski definition) is 0. The van der Waals surface area contributed by atoms with Gasteiger partial charge in [0.1, 0.15) is 7.05 Å². The maximum Gasteiger partial charge on any atom is 0.264 e. The molecule has 0 unspecified atom stereocenters. The van der Waals surface area contributed by atoms with Gasteiger partial charge in [-0.15, -0.1) is 0 Å². The second-order valence-electron chi connectivity index (χ2n) is 6.29. The molecule has 0 atom stereocenters. The number of fused-ring (bicyclic) bond motifs is 1. The van der Waals surface area contributed by atoms with Crippen LogP contribution in [-0.2, 0) is 13.5 Å². The van der Waals surface area contributed by atoms with Gasteiger partial charge in [-0.2, -0.15) is 4.57 Å². The van der Waals surface area contributed by atoms with E-state index in [0.717, 1.165) is 11.9 Å². The third kappa shape index (κ3) is 3.22. The highest BCUT2D eigenvalue weighted by Gasteiger charge is 2.15. The van der Waals surface area contributed by atoms with E-state index in [4.69, 9.17) is 0 Å². The molecule has 0 N–H and O–H groups in total. The van der Waals surface area contributed by atoms with E-state index in [9.17, 15) is 0 Å². The van der Waals surface area contributed by atoms with E-state index in [2.05, 4.69) is 74.0 Å². The van der Waals surface area contributed by atoms with E-state index >= 15 is 0 Å². The first-order chi connectivity index (χ1) is 11.2. The summed E-state index contributed by atoms with van der Waals surface area (Å²) in [5, 5.41) is 1.20. The number of aromatic nitrogens is 1. The third-order valence-corrected chi connectivity index (χ3v) is 4.57. The summed E-state index contributed by atoms with van der Waals surface area (Å²) in [6.07, 6.45) is 5.01. The summed E-state index contributed by atoms with van der Waals surface area (Å²) in [4.78, 5) is 0. The molecule has 0 aliphatic heterocycles. The highest BCUT2D eigenvalue weighted by molar-refractivity contribution is 5.76. The van der Waals surface area contributed by atoms with Crippen LogP contribution in [0.2, 0.25) is 0 Å². The van der Waals surface area contributed by atoms with Gasteiger partial charge in [-0.05, 0) is 55.2 Å². The van der Waals surface area contributed by atoms with Crippen molar-refractivity contribution in [2.75, 3.05) is 0 Å². The van der Waals surface area contributed by atoms with Crippen molar-refractivity contribution in [1.82, 2.24) is 0 Å². The van der Waals surface area contributed by atoms with Gasteiger partial charge in [-0.1, -0.05) is 38.0 Å². The monoisotopic (exact) mass is 302 g/mol. The predicted octanol–water partition coefficient (Wildman–Crippen LogP) is 4.97. The first-order valence-corrected chi connectivity index (χ1v) is 8.51. The Kier molecular flexibility index (Phi) is 4.63. The summed E-state index contributed by atoms with van der Waals surface area (Å²) in [5.74, 6) is 0. The van der Waals surface area contributed by atoms with Crippen molar-refractivity contribution in [3.63, 3.8) is 0 Å². The molecule has 23 heavy (non-hydrogen) atoms.